The maximum absolute atomic E-state index is 5.48. The Hall–Kier alpha value is -1.36. The topological polar surface area (TPSA) is 67.1 Å². The van der Waals surface area contributed by atoms with Crippen molar-refractivity contribution in [3.05, 3.63) is 11.9 Å². The number of nitrogens with zero attached hydrogens (tertiary/aromatic N) is 3. The van der Waals surface area contributed by atoms with Crippen LogP contribution in [0.15, 0.2) is 6.33 Å². The van der Waals surface area contributed by atoms with E-state index in [4.69, 9.17) is 5.84 Å². The van der Waals surface area contributed by atoms with Gasteiger partial charge in [0.25, 0.3) is 0 Å². The molecule has 5 heteroatoms. The molecule has 1 unspecified atom stereocenters. The van der Waals surface area contributed by atoms with Crippen LogP contribution < -0.4 is 16.2 Å². The first-order valence-corrected chi connectivity index (χ1v) is 7.29. The van der Waals surface area contributed by atoms with Crippen LogP contribution in [0.25, 0.3) is 0 Å². The van der Waals surface area contributed by atoms with Gasteiger partial charge in [-0.2, -0.15) is 0 Å². The molecule has 1 aliphatic rings. The minimum Gasteiger partial charge on any atom is -0.356 e. The smallest absolute Gasteiger partial charge is 0.148 e. The quantitative estimate of drug-likeness (QED) is 0.645. The number of nitrogens with one attached hydrogen (secondary N) is 1. The zero-order chi connectivity index (χ0) is 13.7. The number of nitrogens with two attached hydrogens (primary N) is 1. The van der Waals surface area contributed by atoms with Gasteiger partial charge in [0.15, 0.2) is 0 Å². The molecule has 5 nitrogen and oxygen atoms in total. The van der Waals surface area contributed by atoms with Crippen LogP contribution in [0.5, 0.6) is 0 Å². The Balaban J connectivity index is 2.10. The fraction of sp³-hybridized carbons (Fsp3) is 0.714. The number of nitrogen functional groups attached to an aromatic ring is 1. The predicted octanol–water partition coefficient (Wildman–Crippen LogP) is 2.48. The molecule has 0 amide bonds. The zero-order valence-corrected chi connectivity index (χ0v) is 12.0. The van der Waals surface area contributed by atoms with Crippen LogP contribution in [0.3, 0.4) is 0 Å². The molecule has 0 aromatic carbocycles. The van der Waals surface area contributed by atoms with E-state index in [1.165, 1.54) is 32.1 Å². The maximum Gasteiger partial charge on any atom is 0.148 e. The van der Waals surface area contributed by atoms with Gasteiger partial charge in [-0.25, -0.2) is 15.8 Å². The van der Waals surface area contributed by atoms with E-state index in [9.17, 15) is 0 Å². The van der Waals surface area contributed by atoms with Crippen molar-refractivity contribution in [1.82, 2.24) is 9.97 Å². The number of rotatable bonds is 4. The molecule has 1 atom stereocenters. The Labute approximate surface area is 115 Å². The lowest BCUT2D eigenvalue weighted by atomic mass is 9.96. The van der Waals surface area contributed by atoms with Crippen molar-refractivity contribution in [1.29, 1.82) is 0 Å². The van der Waals surface area contributed by atoms with Crippen molar-refractivity contribution in [3.8, 4) is 0 Å². The molecule has 1 aromatic rings. The van der Waals surface area contributed by atoms with E-state index < -0.39 is 0 Å². The van der Waals surface area contributed by atoms with E-state index in [0.29, 0.717) is 0 Å². The Morgan fingerprint density at radius 1 is 1.37 bits per heavy atom. The first-order chi connectivity index (χ1) is 9.26. The average Bonchev–Trinajstić information content (AvgIpc) is 2.65. The van der Waals surface area contributed by atoms with Crippen LogP contribution in [0, 0.1) is 12.8 Å². The molecule has 3 N–H and O–H groups in total. The van der Waals surface area contributed by atoms with Gasteiger partial charge in [0.1, 0.15) is 18.0 Å². The van der Waals surface area contributed by atoms with Crippen molar-refractivity contribution < 1.29 is 0 Å². The summed E-state index contributed by atoms with van der Waals surface area (Å²) >= 11 is 0. The fourth-order valence-corrected chi connectivity index (χ4v) is 2.98. The van der Waals surface area contributed by atoms with Gasteiger partial charge in [-0.3, -0.25) is 0 Å². The highest BCUT2D eigenvalue weighted by Gasteiger charge is 2.19. The summed E-state index contributed by atoms with van der Waals surface area (Å²) in [4.78, 5) is 11.0. The first kappa shape index (κ1) is 14.1. The number of anilines is 2. The molecule has 106 valence electrons. The van der Waals surface area contributed by atoms with Crippen molar-refractivity contribution in [2.24, 2.45) is 11.8 Å². The normalized spacial score (nSPS) is 20.2. The molecule has 2 rings (SSSR count). The molecular weight excluding hydrogens is 238 g/mol. The molecule has 1 fully saturated rings. The standard InChI is InChI=1S/C14H25N5/c1-3-5-12-6-4-8-19(9-7-12)14-11(2)13(18-15)16-10-17-14/h10,12H,3-9,15H2,1-2H3,(H,16,17,18). The van der Waals surface area contributed by atoms with Gasteiger partial charge in [0.2, 0.25) is 0 Å². The van der Waals surface area contributed by atoms with Crippen LogP contribution in [0.4, 0.5) is 11.6 Å². The first-order valence-electron chi connectivity index (χ1n) is 7.29. The van der Waals surface area contributed by atoms with Crippen LogP contribution in [-0.4, -0.2) is 23.1 Å². The summed E-state index contributed by atoms with van der Waals surface area (Å²) in [6, 6.07) is 0. The fourth-order valence-electron chi connectivity index (χ4n) is 2.98. The Morgan fingerprint density at radius 2 is 2.21 bits per heavy atom. The van der Waals surface area contributed by atoms with Gasteiger partial charge in [-0.1, -0.05) is 19.8 Å². The summed E-state index contributed by atoms with van der Waals surface area (Å²) in [5.74, 6) is 8.11. The van der Waals surface area contributed by atoms with Crippen molar-refractivity contribution in [2.45, 2.75) is 46.0 Å². The highest BCUT2D eigenvalue weighted by Crippen LogP contribution is 2.27. The summed E-state index contributed by atoms with van der Waals surface area (Å²) in [6.07, 6.45) is 8.09. The van der Waals surface area contributed by atoms with Crippen LogP contribution in [0.1, 0.15) is 44.6 Å². The average molecular weight is 263 g/mol. The molecule has 2 heterocycles. The second-order valence-corrected chi connectivity index (χ2v) is 5.39. The molecule has 0 saturated carbocycles. The van der Waals surface area contributed by atoms with E-state index in [1.807, 2.05) is 6.92 Å². The van der Waals surface area contributed by atoms with Gasteiger partial charge in [0, 0.05) is 18.7 Å². The lowest BCUT2D eigenvalue weighted by molar-refractivity contribution is 0.435. The largest absolute Gasteiger partial charge is 0.356 e. The van der Waals surface area contributed by atoms with Crippen LogP contribution >= 0.6 is 0 Å². The predicted molar refractivity (Wildman–Crippen MR) is 79.0 cm³/mol. The minimum atomic E-state index is 0.722. The second kappa shape index (κ2) is 6.70. The summed E-state index contributed by atoms with van der Waals surface area (Å²) in [7, 11) is 0. The van der Waals surface area contributed by atoms with E-state index >= 15 is 0 Å². The van der Waals surface area contributed by atoms with Gasteiger partial charge in [-0.05, 0) is 32.1 Å². The maximum atomic E-state index is 5.48. The molecule has 0 bridgehead atoms. The Bertz CT molecular complexity index is 407. The summed E-state index contributed by atoms with van der Waals surface area (Å²) in [6.45, 7) is 6.48. The van der Waals surface area contributed by atoms with Gasteiger partial charge in [-0.15, -0.1) is 0 Å². The second-order valence-electron chi connectivity index (χ2n) is 5.39. The monoisotopic (exact) mass is 263 g/mol. The molecule has 0 aliphatic carbocycles. The zero-order valence-electron chi connectivity index (χ0n) is 12.0. The molecule has 19 heavy (non-hydrogen) atoms. The molecule has 1 saturated heterocycles. The van der Waals surface area contributed by atoms with Crippen molar-refractivity contribution >= 4 is 11.6 Å². The molecule has 0 radical (unpaired) electrons. The van der Waals surface area contributed by atoms with Gasteiger partial charge in [0.05, 0.1) is 0 Å². The van der Waals surface area contributed by atoms with Gasteiger partial charge < -0.3 is 10.3 Å². The highest BCUT2D eigenvalue weighted by atomic mass is 15.3. The highest BCUT2D eigenvalue weighted by molar-refractivity contribution is 5.57. The van der Waals surface area contributed by atoms with Crippen LogP contribution in [0.2, 0.25) is 0 Å². The molecule has 1 aromatic heterocycles. The SMILES string of the molecule is CCCC1CCCN(c2ncnc(NN)c2C)CC1. The Morgan fingerprint density at radius 3 is 2.95 bits per heavy atom. The number of hydrogen-bond donors (Lipinski definition) is 2. The van der Waals surface area contributed by atoms with E-state index in [1.54, 1.807) is 6.33 Å². The third kappa shape index (κ3) is 3.35. The molecular formula is C14H25N5. The van der Waals surface area contributed by atoms with Crippen molar-refractivity contribution in [3.63, 3.8) is 0 Å². The minimum absolute atomic E-state index is 0.722. The van der Waals surface area contributed by atoms with Crippen molar-refractivity contribution in [2.75, 3.05) is 23.4 Å². The number of aromatic nitrogens is 2. The third-order valence-corrected chi connectivity index (χ3v) is 4.04. The summed E-state index contributed by atoms with van der Waals surface area (Å²) in [5.41, 5.74) is 3.68. The van der Waals surface area contributed by atoms with Gasteiger partial charge >= 0.3 is 0 Å². The van der Waals surface area contributed by atoms with E-state index in [0.717, 1.165) is 36.2 Å². The lowest BCUT2D eigenvalue weighted by Crippen LogP contribution is -2.27. The molecule has 0 spiro atoms. The lowest BCUT2D eigenvalue weighted by Gasteiger charge is -2.24. The molecule has 1 aliphatic heterocycles. The van der Waals surface area contributed by atoms with E-state index in [2.05, 4.69) is 27.2 Å². The van der Waals surface area contributed by atoms with Crippen LogP contribution in [-0.2, 0) is 0 Å². The third-order valence-electron chi connectivity index (χ3n) is 4.04. The Kier molecular flexibility index (Phi) is 4.96. The van der Waals surface area contributed by atoms with E-state index in [-0.39, 0.29) is 0 Å². The number of hydrazine groups is 1. The summed E-state index contributed by atoms with van der Waals surface area (Å²) in [5, 5.41) is 0. The summed E-state index contributed by atoms with van der Waals surface area (Å²) < 4.78 is 0. The number of hydrogen-bond acceptors (Lipinski definition) is 5.